The number of carbonyl (C=O) groups is 1. The lowest BCUT2D eigenvalue weighted by Gasteiger charge is -2.37. The number of carbonyl (C=O) groups excluding carboxylic acids is 1. The van der Waals surface area contributed by atoms with Crippen molar-refractivity contribution in [3.63, 3.8) is 0 Å². The lowest BCUT2D eigenvalue weighted by Crippen LogP contribution is -2.49. The summed E-state index contributed by atoms with van der Waals surface area (Å²) < 4.78 is 10.6. The molecule has 1 saturated heterocycles. The third-order valence-electron chi connectivity index (χ3n) is 5.19. The molecule has 134 valence electrons. The van der Waals surface area contributed by atoms with E-state index in [0.29, 0.717) is 37.1 Å². The Morgan fingerprint density at radius 3 is 2.68 bits per heavy atom. The van der Waals surface area contributed by atoms with E-state index in [1.807, 2.05) is 25.8 Å². The Kier molecular flexibility index (Phi) is 4.07. The van der Waals surface area contributed by atoms with E-state index in [2.05, 4.69) is 20.2 Å². The van der Waals surface area contributed by atoms with Crippen molar-refractivity contribution in [2.45, 2.75) is 45.1 Å². The minimum atomic E-state index is -0.0534. The third-order valence-corrected chi connectivity index (χ3v) is 5.19. The molecule has 2 aromatic rings. The van der Waals surface area contributed by atoms with Gasteiger partial charge in [-0.1, -0.05) is 10.3 Å². The minimum absolute atomic E-state index is 0.0534. The Hall–Kier alpha value is -2.22. The second-order valence-electron chi connectivity index (χ2n) is 7.08. The molecule has 0 aromatic carbocycles. The maximum atomic E-state index is 12.7. The maximum absolute atomic E-state index is 12.7. The summed E-state index contributed by atoms with van der Waals surface area (Å²) >= 11 is 0. The largest absolute Gasteiger partial charge is 0.361 e. The molecule has 0 radical (unpaired) electrons. The van der Waals surface area contributed by atoms with Gasteiger partial charge in [-0.15, -0.1) is 0 Å². The zero-order valence-electron chi connectivity index (χ0n) is 14.9. The summed E-state index contributed by atoms with van der Waals surface area (Å²) in [6, 6.07) is -0.0534. The molecule has 8 nitrogen and oxygen atoms in total. The summed E-state index contributed by atoms with van der Waals surface area (Å²) in [5.41, 5.74) is 1.66. The molecule has 2 aromatic heterocycles. The Morgan fingerprint density at radius 2 is 2.00 bits per heavy atom. The Bertz CT molecular complexity index is 760. The van der Waals surface area contributed by atoms with Gasteiger partial charge in [0.15, 0.2) is 5.82 Å². The number of hydrogen-bond acceptors (Lipinski definition) is 7. The van der Waals surface area contributed by atoms with Crippen LogP contribution in [0.1, 0.15) is 53.5 Å². The minimum Gasteiger partial charge on any atom is -0.361 e. The zero-order chi connectivity index (χ0) is 17.6. The molecule has 2 aliphatic rings. The van der Waals surface area contributed by atoms with Crippen LogP contribution in [0.3, 0.4) is 0 Å². The van der Waals surface area contributed by atoms with E-state index in [0.717, 1.165) is 36.5 Å². The van der Waals surface area contributed by atoms with Gasteiger partial charge in [-0.05, 0) is 33.7 Å². The summed E-state index contributed by atoms with van der Waals surface area (Å²) in [6.45, 7) is 5.74. The van der Waals surface area contributed by atoms with Gasteiger partial charge in [0.25, 0.3) is 0 Å². The van der Waals surface area contributed by atoms with Crippen LogP contribution in [0.25, 0.3) is 0 Å². The molecule has 1 aliphatic heterocycles. The van der Waals surface area contributed by atoms with E-state index < -0.39 is 0 Å². The molecule has 1 saturated carbocycles. The van der Waals surface area contributed by atoms with Crippen LogP contribution in [0.5, 0.6) is 0 Å². The lowest BCUT2D eigenvalue weighted by atomic mass is 10.1. The van der Waals surface area contributed by atoms with Crippen molar-refractivity contribution in [1.29, 1.82) is 0 Å². The molecule has 1 atom stereocenters. The van der Waals surface area contributed by atoms with Crippen molar-refractivity contribution in [2.75, 3.05) is 26.7 Å². The normalized spacial score (nSPS) is 21.7. The van der Waals surface area contributed by atoms with Crippen molar-refractivity contribution in [2.24, 2.45) is 0 Å². The first-order chi connectivity index (χ1) is 12.0. The van der Waals surface area contributed by atoms with Crippen LogP contribution in [-0.4, -0.2) is 57.7 Å². The Labute approximate surface area is 146 Å². The monoisotopic (exact) mass is 345 g/mol. The summed E-state index contributed by atoms with van der Waals surface area (Å²) in [4.78, 5) is 21.4. The fraction of sp³-hybridized carbons (Fsp3) is 0.647. The van der Waals surface area contributed by atoms with Gasteiger partial charge in [-0.25, -0.2) is 0 Å². The molecule has 0 unspecified atom stereocenters. The number of likely N-dealkylation sites (N-methyl/N-ethyl adjacent to an activating group) is 1. The van der Waals surface area contributed by atoms with Gasteiger partial charge < -0.3 is 13.9 Å². The molecule has 2 fully saturated rings. The van der Waals surface area contributed by atoms with Crippen LogP contribution < -0.4 is 0 Å². The van der Waals surface area contributed by atoms with Gasteiger partial charge >= 0.3 is 0 Å². The molecule has 1 aliphatic carbocycles. The fourth-order valence-corrected chi connectivity index (χ4v) is 3.27. The predicted molar refractivity (Wildman–Crippen MR) is 87.9 cm³/mol. The van der Waals surface area contributed by atoms with E-state index in [-0.39, 0.29) is 11.9 Å². The molecule has 8 heteroatoms. The quantitative estimate of drug-likeness (QED) is 0.831. The number of piperazine rings is 1. The zero-order valence-corrected chi connectivity index (χ0v) is 14.9. The number of hydrogen-bond donors (Lipinski definition) is 0. The first-order valence-electron chi connectivity index (χ1n) is 8.76. The van der Waals surface area contributed by atoms with Crippen LogP contribution in [0.4, 0.5) is 0 Å². The van der Waals surface area contributed by atoms with Crippen LogP contribution >= 0.6 is 0 Å². The van der Waals surface area contributed by atoms with Crippen LogP contribution in [0, 0.1) is 13.8 Å². The van der Waals surface area contributed by atoms with Crippen LogP contribution in [0.15, 0.2) is 9.05 Å². The van der Waals surface area contributed by atoms with Gasteiger partial charge in [-0.2, -0.15) is 4.98 Å². The van der Waals surface area contributed by atoms with E-state index in [1.165, 1.54) is 0 Å². The highest BCUT2D eigenvalue weighted by Crippen LogP contribution is 2.38. The predicted octanol–water partition coefficient (Wildman–Crippen LogP) is 1.61. The number of aryl methyl sites for hydroxylation is 2. The summed E-state index contributed by atoms with van der Waals surface area (Å²) in [5.74, 6) is 2.67. The van der Waals surface area contributed by atoms with Crippen molar-refractivity contribution >= 4 is 5.91 Å². The van der Waals surface area contributed by atoms with Crippen molar-refractivity contribution in [3.8, 4) is 0 Å². The molecule has 4 rings (SSSR count). The molecular weight excluding hydrogens is 322 g/mol. The topological polar surface area (TPSA) is 88.5 Å². The SMILES string of the molecule is Cc1noc(C)c1CC(=O)N1CCN(C)[C@H](c2nc(C3CC3)no2)C1. The highest BCUT2D eigenvalue weighted by Gasteiger charge is 2.35. The highest BCUT2D eigenvalue weighted by molar-refractivity contribution is 5.79. The molecule has 25 heavy (non-hydrogen) atoms. The van der Waals surface area contributed by atoms with Crippen molar-refractivity contribution in [1.82, 2.24) is 25.1 Å². The highest BCUT2D eigenvalue weighted by atomic mass is 16.5. The van der Waals surface area contributed by atoms with Crippen molar-refractivity contribution < 1.29 is 13.8 Å². The maximum Gasteiger partial charge on any atom is 0.245 e. The summed E-state index contributed by atoms with van der Waals surface area (Å²) in [6.07, 6.45) is 2.60. The second kappa shape index (κ2) is 6.25. The van der Waals surface area contributed by atoms with Crippen molar-refractivity contribution in [3.05, 3.63) is 28.7 Å². The molecule has 3 heterocycles. The van der Waals surface area contributed by atoms with Gasteiger partial charge in [-0.3, -0.25) is 9.69 Å². The average molecular weight is 345 g/mol. The van der Waals surface area contributed by atoms with E-state index in [1.54, 1.807) is 0 Å². The molecule has 0 bridgehead atoms. The van der Waals surface area contributed by atoms with Gasteiger partial charge in [0.05, 0.1) is 12.1 Å². The molecule has 0 N–H and O–H groups in total. The number of aromatic nitrogens is 3. The first-order valence-corrected chi connectivity index (χ1v) is 8.76. The molecule has 0 spiro atoms. The molecule has 1 amide bonds. The van der Waals surface area contributed by atoms with E-state index in [4.69, 9.17) is 9.05 Å². The summed E-state index contributed by atoms with van der Waals surface area (Å²) in [5, 5.41) is 8.03. The Morgan fingerprint density at radius 1 is 1.20 bits per heavy atom. The van der Waals surface area contributed by atoms with Crippen LogP contribution in [-0.2, 0) is 11.2 Å². The van der Waals surface area contributed by atoms with Gasteiger partial charge in [0, 0.05) is 31.1 Å². The summed E-state index contributed by atoms with van der Waals surface area (Å²) in [7, 11) is 2.03. The molecular formula is C17H23N5O3. The average Bonchev–Trinajstić information content (AvgIpc) is 3.26. The number of nitrogens with zero attached hydrogens (tertiary/aromatic N) is 5. The number of amides is 1. The van der Waals surface area contributed by atoms with Crippen LogP contribution in [0.2, 0.25) is 0 Å². The number of rotatable bonds is 4. The third kappa shape index (κ3) is 3.18. The second-order valence-corrected chi connectivity index (χ2v) is 7.08. The smallest absolute Gasteiger partial charge is 0.245 e. The van der Waals surface area contributed by atoms with Gasteiger partial charge in [0.2, 0.25) is 11.8 Å². The van der Waals surface area contributed by atoms with E-state index in [9.17, 15) is 4.79 Å². The lowest BCUT2D eigenvalue weighted by molar-refractivity contribution is -0.133. The Balaban J connectivity index is 1.46. The fourth-order valence-electron chi connectivity index (χ4n) is 3.27. The first kappa shape index (κ1) is 16.3. The van der Waals surface area contributed by atoms with Gasteiger partial charge in [0.1, 0.15) is 11.8 Å². The standard InChI is InChI=1S/C17H23N5O3/c1-10-13(11(2)24-19-10)8-15(23)22-7-6-21(3)14(9-22)17-18-16(20-25-17)12-4-5-12/h12,14H,4-9H2,1-3H3/t14-/m0/s1. The van der Waals surface area contributed by atoms with E-state index >= 15 is 0 Å².